The summed E-state index contributed by atoms with van der Waals surface area (Å²) in [5.74, 6) is -0.815. The SMILES string of the molecule is O=C(O)Cc1cccc(-c2ccc(CNNc3ccccc3)cc2)c1. The summed E-state index contributed by atoms with van der Waals surface area (Å²) in [5.41, 5.74) is 11.4. The van der Waals surface area contributed by atoms with Gasteiger partial charge in [-0.2, -0.15) is 0 Å². The number of benzene rings is 3. The van der Waals surface area contributed by atoms with Gasteiger partial charge in [0, 0.05) is 12.2 Å². The van der Waals surface area contributed by atoms with E-state index in [1.165, 1.54) is 0 Å². The van der Waals surface area contributed by atoms with Crippen LogP contribution in [0.25, 0.3) is 11.1 Å². The molecule has 0 unspecified atom stereocenters. The third-order valence-electron chi connectivity index (χ3n) is 3.87. The minimum Gasteiger partial charge on any atom is -0.481 e. The van der Waals surface area contributed by atoms with E-state index in [4.69, 9.17) is 5.11 Å². The Morgan fingerprint density at radius 1 is 0.800 bits per heavy atom. The number of hydrogen-bond donors (Lipinski definition) is 3. The molecular formula is C21H20N2O2. The zero-order valence-electron chi connectivity index (χ0n) is 13.8. The second-order valence-corrected chi connectivity index (χ2v) is 5.81. The Labute approximate surface area is 147 Å². The maximum Gasteiger partial charge on any atom is 0.307 e. The fourth-order valence-corrected chi connectivity index (χ4v) is 2.62. The molecule has 0 aliphatic rings. The summed E-state index contributed by atoms with van der Waals surface area (Å²) in [7, 11) is 0. The van der Waals surface area contributed by atoms with Crippen molar-refractivity contribution in [2.75, 3.05) is 5.43 Å². The maximum absolute atomic E-state index is 10.9. The van der Waals surface area contributed by atoms with Crippen molar-refractivity contribution in [2.45, 2.75) is 13.0 Å². The first-order valence-corrected chi connectivity index (χ1v) is 8.15. The number of para-hydroxylation sites is 1. The quantitative estimate of drug-likeness (QED) is 0.570. The highest BCUT2D eigenvalue weighted by Crippen LogP contribution is 2.21. The predicted molar refractivity (Wildman–Crippen MR) is 100 cm³/mol. The normalized spacial score (nSPS) is 10.4. The number of hydrazine groups is 1. The van der Waals surface area contributed by atoms with Crippen LogP contribution in [0.2, 0.25) is 0 Å². The van der Waals surface area contributed by atoms with E-state index in [0.29, 0.717) is 6.54 Å². The molecule has 0 atom stereocenters. The van der Waals surface area contributed by atoms with Gasteiger partial charge in [0.05, 0.1) is 6.42 Å². The van der Waals surface area contributed by atoms with Crippen LogP contribution in [0, 0.1) is 0 Å². The Balaban J connectivity index is 1.61. The van der Waals surface area contributed by atoms with Crippen LogP contribution in [-0.2, 0) is 17.8 Å². The van der Waals surface area contributed by atoms with Gasteiger partial charge in [-0.1, -0.05) is 66.7 Å². The summed E-state index contributed by atoms with van der Waals surface area (Å²) in [6.45, 7) is 0.703. The van der Waals surface area contributed by atoms with Crippen LogP contribution in [0.3, 0.4) is 0 Å². The molecule has 0 fully saturated rings. The molecule has 0 aliphatic heterocycles. The van der Waals surface area contributed by atoms with Gasteiger partial charge in [-0.15, -0.1) is 0 Å². The topological polar surface area (TPSA) is 61.4 Å². The van der Waals surface area contributed by atoms with Gasteiger partial charge >= 0.3 is 5.97 Å². The molecule has 0 bridgehead atoms. The van der Waals surface area contributed by atoms with Gasteiger partial charge in [0.1, 0.15) is 0 Å². The number of rotatable bonds is 7. The van der Waals surface area contributed by atoms with E-state index in [9.17, 15) is 4.79 Å². The number of carbonyl (C=O) groups is 1. The van der Waals surface area contributed by atoms with Gasteiger partial charge in [0.2, 0.25) is 0 Å². The zero-order valence-corrected chi connectivity index (χ0v) is 13.8. The summed E-state index contributed by atoms with van der Waals surface area (Å²) >= 11 is 0. The van der Waals surface area contributed by atoms with E-state index in [0.717, 1.165) is 27.9 Å². The van der Waals surface area contributed by atoms with Crippen LogP contribution in [0.5, 0.6) is 0 Å². The summed E-state index contributed by atoms with van der Waals surface area (Å²) in [4.78, 5) is 10.9. The van der Waals surface area contributed by atoms with Crippen LogP contribution in [-0.4, -0.2) is 11.1 Å². The van der Waals surface area contributed by atoms with Crippen LogP contribution in [0.1, 0.15) is 11.1 Å². The lowest BCUT2D eigenvalue weighted by Gasteiger charge is -2.09. The van der Waals surface area contributed by atoms with Gasteiger partial charge in [0.15, 0.2) is 0 Å². The first-order valence-electron chi connectivity index (χ1n) is 8.15. The monoisotopic (exact) mass is 332 g/mol. The molecule has 4 nitrogen and oxygen atoms in total. The van der Waals surface area contributed by atoms with E-state index in [1.54, 1.807) is 0 Å². The third kappa shape index (κ3) is 4.93. The molecule has 0 saturated heterocycles. The lowest BCUT2D eigenvalue weighted by Crippen LogP contribution is -2.20. The predicted octanol–water partition coefficient (Wildman–Crippen LogP) is 4.10. The summed E-state index contributed by atoms with van der Waals surface area (Å²) in [6, 6.07) is 25.9. The third-order valence-corrected chi connectivity index (χ3v) is 3.87. The maximum atomic E-state index is 10.9. The lowest BCUT2D eigenvalue weighted by atomic mass is 10.0. The summed E-state index contributed by atoms with van der Waals surface area (Å²) < 4.78 is 0. The van der Waals surface area contributed by atoms with Crippen molar-refractivity contribution < 1.29 is 9.90 Å². The van der Waals surface area contributed by atoms with Crippen molar-refractivity contribution >= 4 is 11.7 Å². The summed E-state index contributed by atoms with van der Waals surface area (Å²) in [6.07, 6.45) is 0.0427. The van der Waals surface area contributed by atoms with Gasteiger partial charge in [-0.25, -0.2) is 5.43 Å². The molecule has 0 radical (unpaired) electrons. The van der Waals surface area contributed by atoms with Crippen molar-refractivity contribution in [3.63, 3.8) is 0 Å². The van der Waals surface area contributed by atoms with E-state index in [-0.39, 0.29) is 6.42 Å². The molecule has 0 heterocycles. The Morgan fingerprint density at radius 3 is 2.28 bits per heavy atom. The van der Waals surface area contributed by atoms with Crippen molar-refractivity contribution in [3.05, 3.63) is 90.0 Å². The van der Waals surface area contributed by atoms with Crippen molar-refractivity contribution in [1.82, 2.24) is 5.43 Å². The van der Waals surface area contributed by atoms with Gasteiger partial charge in [0.25, 0.3) is 0 Å². The van der Waals surface area contributed by atoms with Crippen molar-refractivity contribution in [3.8, 4) is 11.1 Å². The zero-order chi connectivity index (χ0) is 17.5. The Bertz CT molecular complexity index is 830. The van der Waals surface area contributed by atoms with E-state index in [2.05, 4.69) is 35.1 Å². The smallest absolute Gasteiger partial charge is 0.307 e. The highest BCUT2D eigenvalue weighted by Gasteiger charge is 2.03. The first kappa shape index (κ1) is 16.7. The highest BCUT2D eigenvalue weighted by molar-refractivity contribution is 5.72. The lowest BCUT2D eigenvalue weighted by molar-refractivity contribution is -0.136. The van der Waals surface area contributed by atoms with Crippen LogP contribution in [0.4, 0.5) is 5.69 Å². The molecule has 3 aromatic carbocycles. The van der Waals surface area contributed by atoms with Crippen LogP contribution in [0.15, 0.2) is 78.9 Å². The standard InChI is InChI=1S/C21H20N2O2/c24-21(25)14-17-5-4-6-19(13-17)18-11-9-16(10-12-18)15-22-23-20-7-2-1-3-8-20/h1-13,22-23H,14-15H2,(H,24,25). The first-order chi connectivity index (χ1) is 12.2. The van der Waals surface area contributed by atoms with Gasteiger partial charge in [-0.05, 0) is 34.4 Å². The molecule has 3 rings (SSSR count). The number of hydrogen-bond acceptors (Lipinski definition) is 3. The van der Waals surface area contributed by atoms with Crippen LogP contribution >= 0.6 is 0 Å². The fraction of sp³-hybridized carbons (Fsp3) is 0.0952. The molecule has 25 heavy (non-hydrogen) atoms. The van der Waals surface area contributed by atoms with Crippen LogP contribution < -0.4 is 10.9 Å². The summed E-state index contributed by atoms with van der Waals surface area (Å²) in [5, 5.41) is 8.92. The molecule has 0 saturated carbocycles. The molecule has 3 aromatic rings. The Hall–Kier alpha value is -3.11. The molecule has 0 aromatic heterocycles. The number of aliphatic carboxylic acids is 1. The fourth-order valence-electron chi connectivity index (χ4n) is 2.62. The average Bonchev–Trinajstić information content (AvgIpc) is 2.63. The van der Waals surface area contributed by atoms with Crippen molar-refractivity contribution in [2.24, 2.45) is 0 Å². The van der Waals surface area contributed by atoms with Gasteiger partial charge in [-0.3, -0.25) is 4.79 Å². The number of carboxylic acid groups (broad SMARTS) is 1. The second-order valence-electron chi connectivity index (χ2n) is 5.81. The Kier molecular flexibility index (Phi) is 5.44. The van der Waals surface area contributed by atoms with E-state index in [1.807, 2.05) is 54.6 Å². The average molecular weight is 332 g/mol. The second kappa shape index (κ2) is 8.13. The van der Waals surface area contributed by atoms with E-state index >= 15 is 0 Å². The Morgan fingerprint density at radius 2 is 1.56 bits per heavy atom. The molecular weight excluding hydrogens is 312 g/mol. The molecule has 0 spiro atoms. The molecule has 4 heteroatoms. The van der Waals surface area contributed by atoms with Gasteiger partial charge < -0.3 is 10.5 Å². The van der Waals surface area contributed by atoms with Crippen molar-refractivity contribution in [1.29, 1.82) is 0 Å². The highest BCUT2D eigenvalue weighted by atomic mass is 16.4. The minimum absolute atomic E-state index is 0.0427. The molecule has 0 aliphatic carbocycles. The molecule has 0 amide bonds. The van der Waals surface area contributed by atoms with E-state index < -0.39 is 5.97 Å². The molecule has 3 N–H and O–H groups in total. The number of anilines is 1. The minimum atomic E-state index is -0.815. The number of nitrogens with one attached hydrogen (secondary N) is 2. The largest absolute Gasteiger partial charge is 0.481 e. The molecule has 126 valence electrons. The number of carboxylic acids is 1.